The number of urea groups is 1. The fraction of sp³-hybridized carbons (Fsp3) is 0.562. The topological polar surface area (TPSA) is 41.1 Å². The molecule has 0 unspecified atom stereocenters. The van der Waals surface area contributed by atoms with Crippen molar-refractivity contribution in [1.82, 2.24) is 5.32 Å². The van der Waals surface area contributed by atoms with E-state index in [0.29, 0.717) is 5.92 Å². The maximum atomic E-state index is 11.9. The molecule has 3 nitrogen and oxygen atoms in total. The van der Waals surface area contributed by atoms with E-state index in [4.69, 9.17) is 0 Å². The first kappa shape index (κ1) is 13.9. The van der Waals surface area contributed by atoms with Crippen LogP contribution in [0.3, 0.4) is 0 Å². The van der Waals surface area contributed by atoms with Gasteiger partial charge in [-0.1, -0.05) is 25.3 Å². The van der Waals surface area contributed by atoms with Crippen molar-refractivity contribution in [1.29, 1.82) is 0 Å². The molecule has 1 fully saturated rings. The molecule has 0 heterocycles. The number of anilines is 1. The summed E-state index contributed by atoms with van der Waals surface area (Å²) in [6, 6.07) is 6.00. The molecular formula is C16H24N2O. The highest BCUT2D eigenvalue weighted by Gasteiger charge is 2.14. The summed E-state index contributed by atoms with van der Waals surface area (Å²) in [5, 5.41) is 5.90. The van der Waals surface area contributed by atoms with Crippen LogP contribution < -0.4 is 10.6 Å². The number of rotatable bonds is 3. The zero-order valence-corrected chi connectivity index (χ0v) is 12.0. The lowest BCUT2D eigenvalue weighted by molar-refractivity contribution is 0.247. The lowest BCUT2D eigenvalue weighted by Crippen LogP contribution is -2.33. The van der Waals surface area contributed by atoms with Crippen molar-refractivity contribution in [3.63, 3.8) is 0 Å². The van der Waals surface area contributed by atoms with Gasteiger partial charge in [-0.15, -0.1) is 0 Å². The molecule has 2 rings (SSSR count). The molecule has 1 aromatic rings. The predicted octanol–water partition coefficient (Wildman–Crippen LogP) is 4.01. The highest BCUT2D eigenvalue weighted by atomic mass is 16.2. The Hall–Kier alpha value is -1.51. The van der Waals surface area contributed by atoms with E-state index in [9.17, 15) is 4.79 Å². The molecule has 1 aliphatic carbocycles. The van der Waals surface area contributed by atoms with E-state index in [2.05, 4.69) is 16.7 Å². The van der Waals surface area contributed by atoms with Gasteiger partial charge in [0.1, 0.15) is 0 Å². The number of hydrogen-bond acceptors (Lipinski definition) is 1. The Morgan fingerprint density at radius 1 is 1.11 bits per heavy atom. The lowest BCUT2D eigenvalue weighted by atomic mass is 9.89. The molecule has 0 aromatic heterocycles. The third-order valence-corrected chi connectivity index (χ3v) is 3.76. The van der Waals surface area contributed by atoms with Crippen molar-refractivity contribution in [2.75, 3.05) is 11.9 Å². The molecule has 3 heteroatoms. The van der Waals surface area contributed by atoms with Gasteiger partial charge in [0.05, 0.1) is 0 Å². The number of carbonyl (C=O) groups is 1. The summed E-state index contributed by atoms with van der Waals surface area (Å²) < 4.78 is 0. The molecule has 1 saturated carbocycles. The summed E-state index contributed by atoms with van der Waals surface area (Å²) in [5.74, 6) is 0.666. The van der Waals surface area contributed by atoms with Crippen molar-refractivity contribution in [3.8, 4) is 0 Å². The molecule has 0 bridgehead atoms. The fourth-order valence-electron chi connectivity index (χ4n) is 2.85. The molecule has 1 aromatic carbocycles. The largest absolute Gasteiger partial charge is 0.338 e. The van der Waals surface area contributed by atoms with Crippen LogP contribution in [0.4, 0.5) is 10.5 Å². The first-order chi connectivity index (χ1) is 9.13. The molecule has 0 atom stereocenters. The Kier molecular flexibility index (Phi) is 4.83. The van der Waals surface area contributed by atoms with Crippen LogP contribution in [-0.2, 0) is 0 Å². The summed E-state index contributed by atoms with van der Waals surface area (Å²) in [4.78, 5) is 11.9. The fourth-order valence-corrected chi connectivity index (χ4v) is 2.85. The van der Waals surface area contributed by atoms with Crippen LogP contribution in [0.15, 0.2) is 18.2 Å². The molecule has 0 radical (unpaired) electrons. The SMILES string of the molecule is Cc1cc(C)cc(NC(=O)NCC2CCCCC2)c1. The van der Waals surface area contributed by atoms with E-state index >= 15 is 0 Å². The number of aryl methyl sites for hydroxylation is 2. The van der Waals surface area contributed by atoms with Gasteiger partial charge in [0.25, 0.3) is 0 Å². The first-order valence-corrected chi connectivity index (χ1v) is 7.26. The second-order valence-corrected chi connectivity index (χ2v) is 5.72. The van der Waals surface area contributed by atoms with E-state index in [1.165, 1.54) is 43.2 Å². The third kappa shape index (κ3) is 4.58. The van der Waals surface area contributed by atoms with Gasteiger partial charge >= 0.3 is 6.03 Å². The maximum absolute atomic E-state index is 11.9. The normalized spacial score (nSPS) is 16.1. The van der Waals surface area contributed by atoms with E-state index in [1.807, 2.05) is 26.0 Å². The number of carbonyl (C=O) groups excluding carboxylic acids is 1. The highest BCUT2D eigenvalue weighted by molar-refractivity contribution is 5.89. The molecule has 0 spiro atoms. The van der Waals surface area contributed by atoms with E-state index < -0.39 is 0 Å². The molecule has 0 saturated heterocycles. The van der Waals surface area contributed by atoms with Crippen molar-refractivity contribution < 1.29 is 4.79 Å². The summed E-state index contributed by atoms with van der Waals surface area (Å²) in [6.07, 6.45) is 6.48. The molecular weight excluding hydrogens is 236 g/mol. The minimum Gasteiger partial charge on any atom is -0.338 e. The summed E-state index contributed by atoms with van der Waals surface area (Å²) >= 11 is 0. The quantitative estimate of drug-likeness (QED) is 0.847. The average molecular weight is 260 g/mol. The van der Waals surface area contributed by atoms with Gasteiger partial charge < -0.3 is 10.6 Å². The van der Waals surface area contributed by atoms with Crippen LogP contribution in [0.2, 0.25) is 0 Å². The number of nitrogens with one attached hydrogen (secondary N) is 2. The summed E-state index contributed by atoms with van der Waals surface area (Å²) in [7, 11) is 0. The van der Waals surface area contributed by atoms with Crippen LogP contribution in [0.5, 0.6) is 0 Å². The first-order valence-electron chi connectivity index (χ1n) is 7.26. The Bertz CT molecular complexity index is 416. The van der Waals surface area contributed by atoms with Crippen LogP contribution >= 0.6 is 0 Å². The molecule has 19 heavy (non-hydrogen) atoms. The van der Waals surface area contributed by atoms with Gasteiger partial charge in [0.15, 0.2) is 0 Å². The highest BCUT2D eigenvalue weighted by Crippen LogP contribution is 2.22. The Labute approximate surface area is 115 Å². The minimum absolute atomic E-state index is 0.0874. The molecule has 2 amide bonds. The van der Waals surface area contributed by atoms with Crippen molar-refractivity contribution in [2.45, 2.75) is 46.0 Å². The third-order valence-electron chi connectivity index (χ3n) is 3.76. The minimum atomic E-state index is -0.0874. The van der Waals surface area contributed by atoms with E-state index in [0.717, 1.165) is 12.2 Å². The Balaban J connectivity index is 1.80. The standard InChI is InChI=1S/C16H24N2O/c1-12-8-13(2)10-15(9-12)18-16(19)17-11-14-6-4-3-5-7-14/h8-10,14H,3-7,11H2,1-2H3,(H2,17,18,19). The van der Waals surface area contributed by atoms with Gasteiger partial charge in [0.2, 0.25) is 0 Å². The summed E-state index contributed by atoms with van der Waals surface area (Å²) in [5.41, 5.74) is 3.21. The van der Waals surface area contributed by atoms with E-state index in [-0.39, 0.29) is 6.03 Å². The van der Waals surface area contributed by atoms with Gasteiger partial charge in [0, 0.05) is 12.2 Å². The zero-order chi connectivity index (χ0) is 13.7. The van der Waals surface area contributed by atoms with Gasteiger partial charge in [-0.05, 0) is 55.9 Å². The van der Waals surface area contributed by atoms with Gasteiger partial charge in [-0.25, -0.2) is 4.79 Å². The van der Waals surface area contributed by atoms with Crippen LogP contribution in [-0.4, -0.2) is 12.6 Å². The van der Waals surface area contributed by atoms with Gasteiger partial charge in [-0.2, -0.15) is 0 Å². The zero-order valence-electron chi connectivity index (χ0n) is 12.0. The number of benzene rings is 1. The van der Waals surface area contributed by atoms with E-state index in [1.54, 1.807) is 0 Å². The smallest absolute Gasteiger partial charge is 0.319 e. The molecule has 104 valence electrons. The summed E-state index contributed by atoms with van der Waals surface area (Å²) in [6.45, 7) is 4.88. The molecule has 1 aliphatic rings. The predicted molar refractivity (Wildman–Crippen MR) is 79.5 cm³/mol. The Morgan fingerprint density at radius 2 is 1.74 bits per heavy atom. The molecule has 2 N–H and O–H groups in total. The van der Waals surface area contributed by atoms with Crippen molar-refractivity contribution >= 4 is 11.7 Å². The molecule has 0 aliphatic heterocycles. The second-order valence-electron chi connectivity index (χ2n) is 5.72. The Morgan fingerprint density at radius 3 is 2.37 bits per heavy atom. The number of amides is 2. The maximum Gasteiger partial charge on any atom is 0.319 e. The van der Waals surface area contributed by atoms with Crippen LogP contribution in [0.25, 0.3) is 0 Å². The van der Waals surface area contributed by atoms with Gasteiger partial charge in [-0.3, -0.25) is 0 Å². The number of hydrogen-bond donors (Lipinski definition) is 2. The second kappa shape index (κ2) is 6.60. The van der Waals surface area contributed by atoms with Crippen LogP contribution in [0, 0.1) is 19.8 Å². The van der Waals surface area contributed by atoms with Crippen molar-refractivity contribution in [2.24, 2.45) is 5.92 Å². The lowest BCUT2D eigenvalue weighted by Gasteiger charge is -2.21. The van der Waals surface area contributed by atoms with Crippen molar-refractivity contribution in [3.05, 3.63) is 29.3 Å². The van der Waals surface area contributed by atoms with Crippen LogP contribution in [0.1, 0.15) is 43.2 Å². The monoisotopic (exact) mass is 260 g/mol. The average Bonchev–Trinajstić information content (AvgIpc) is 2.36.